The number of nitrogens with one attached hydrogen (secondary N) is 2. The van der Waals surface area contributed by atoms with Gasteiger partial charge in [0.2, 0.25) is 5.91 Å². The maximum absolute atomic E-state index is 15.7. The van der Waals surface area contributed by atoms with Gasteiger partial charge in [-0.25, -0.2) is 9.18 Å². The van der Waals surface area contributed by atoms with Crippen LogP contribution in [0.25, 0.3) is 20.8 Å². The summed E-state index contributed by atoms with van der Waals surface area (Å²) in [6.07, 6.45) is 8.72. The molecular weight excluding hydrogens is 583 g/mol. The Morgan fingerprint density at radius 1 is 1.16 bits per heavy atom. The number of amides is 3. The molecule has 12 heteroatoms. The summed E-state index contributed by atoms with van der Waals surface area (Å²) >= 11 is 1.48. The van der Waals surface area contributed by atoms with Gasteiger partial charge in [0, 0.05) is 68.3 Å². The van der Waals surface area contributed by atoms with Gasteiger partial charge in [0.25, 0.3) is 0 Å². The molecule has 0 bridgehead atoms. The minimum absolute atomic E-state index is 0.00853. The van der Waals surface area contributed by atoms with Crippen molar-refractivity contribution in [2.24, 2.45) is 0 Å². The van der Waals surface area contributed by atoms with Crippen molar-refractivity contribution in [2.45, 2.75) is 70.4 Å². The Labute approximate surface area is 259 Å². The molecule has 3 atom stereocenters. The van der Waals surface area contributed by atoms with Crippen molar-refractivity contribution >= 4 is 33.5 Å². The normalized spacial score (nSPS) is 24.1. The van der Waals surface area contributed by atoms with Crippen LogP contribution in [0.1, 0.15) is 45.6 Å². The minimum Gasteiger partial charge on any atom is -0.457 e. The van der Waals surface area contributed by atoms with Crippen LogP contribution >= 0.6 is 11.3 Å². The SMILES string of the molecule is CC1CN(Cc2ccc(-c3cc4nccc(OC5=CC=C(NC(=O)NC6CC6)CC5(C)F)c4s3)nc2)CC(C)N1C(=O)CO. The monoisotopic (exact) mass is 620 g/mol. The second kappa shape index (κ2) is 12.3. The number of aromatic nitrogens is 2. The van der Waals surface area contributed by atoms with E-state index in [2.05, 4.69) is 26.6 Å². The van der Waals surface area contributed by atoms with Crippen LogP contribution in [0.4, 0.5) is 9.18 Å². The number of rotatable bonds is 8. The number of pyridine rings is 2. The van der Waals surface area contributed by atoms with Crippen molar-refractivity contribution in [3.63, 3.8) is 0 Å². The van der Waals surface area contributed by atoms with Crippen molar-refractivity contribution in [1.82, 2.24) is 30.4 Å². The Kier molecular flexibility index (Phi) is 8.40. The molecule has 2 fully saturated rings. The quantitative estimate of drug-likeness (QED) is 0.339. The average molecular weight is 621 g/mol. The van der Waals surface area contributed by atoms with E-state index in [9.17, 15) is 14.7 Å². The fraction of sp³-hybridized carbons (Fsp3) is 0.438. The lowest BCUT2D eigenvalue weighted by Gasteiger charge is -2.44. The molecule has 232 valence electrons. The molecule has 44 heavy (non-hydrogen) atoms. The standard InChI is InChI=1S/C32H37FN6O4S/c1-19-15-38(16-20(2)39(19)29(41)18-40)17-21-4-8-24(35-14-21)27-12-25-30(44-27)26(10-11-34-25)43-28-9-7-23(13-32(28,3)33)37-31(42)36-22-5-6-22/h4,7-12,14,19-20,22,40H,5-6,13,15-18H2,1-3H3,(H2,36,37,42). The molecule has 2 aliphatic carbocycles. The smallest absolute Gasteiger partial charge is 0.319 e. The number of carbonyl (C=O) groups is 2. The summed E-state index contributed by atoms with van der Waals surface area (Å²) in [5, 5.41) is 14.9. The van der Waals surface area contributed by atoms with Gasteiger partial charge < -0.3 is 25.4 Å². The number of thiophene rings is 1. The molecule has 0 spiro atoms. The number of allylic oxidation sites excluding steroid dienone is 4. The van der Waals surface area contributed by atoms with Crippen LogP contribution in [0.2, 0.25) is 0 Å². The number of fused-ring (bicyclic) bond motifs is 1. The van der Waals surface area contributed by atoms with Crippen LogP contribution in [0.15, 0.2) is 60.3 Å². The number of alkyl halides is 1. The van der Waals surface area contributed by atoms with Gasteiger partial charge in [0.1, 0.15) is 18.1 Å². The molecule has 3 aromatic heterocycles. The van der Waals surface area contributed by atoms with E-state index in [0.29, 0.717) is 18.0 Å². The van der Waals surface area contributed by atoms with Crippen LogP contribution in [0, 0.1) is 0 Å². The Bertz CT molecular complexity index is 1600. The Morgan fingerprint density at radius 3 is 2.59 bits per heavy atom. The third-order valence-corrected chi connectivity index (χ3v) is 9.32. The van der Waals surface area contributed by atoms with Gasteiger partial charge in [-0.05, 0) is 63.5 Å². The number of hydrogen-bond donors (Lipinski definition) is 3. The minimum atomic E-state index is -1.80. The summed E-state index contributed by atoms with van der Waals surface area (Å²) in [6, 6.07) is 7.67. The summed E-state index contributed by atoms with van der Waals surface area (Å²) in [4.78, 5) is 38.4. The van der Waals surface area contributed by atoms with Crippen molar-refractivity contribution in [3.8, 4) is 16.3 Å². The molecule has 3 amide bonds. The van der Waals surface area contributed by atoms with Crippen LogP contribution < -0.4 is 15.4 Å². The van der Waals surface area contributed by atoms with Gasteiger partial charge in [0.15, 0.2) is 5.67 Å². The van der Waals surface area contributed by atoms with E-state index in [1.807, 2.05) is 32.2 Å². The van der Waals surface area contributed by atoms with Crippen LogP contribution in [0.3, 0.4) is 0 Å². The summed E-state index contributed by atoms with van der Waals surface area (Å²) in [7, 11) is 0. The third kappa shape index (κ3) is 6.62. The van der Waals surface area contributed by atoms with E-state index < -0.39 is 12.3 Å². The van der Waals surface area contributed by atoms with Crippen molar-refractivity contribution in [1.29, 1.82) is 0 Å². The Balaban J connectivity index is 1.14. The summed E-state index contributed by atoms with van der Waals surface area (Å²) in [6.45, 7) is 7.15. The van der Waals surface area contributed by atoms with Crippen molar-refractivity contribution in [2.75, 3.05) is 19.7 Å². The average Bonchev–Trinajstić information content (AvgIpc) is 3.67. The number of carbonyl (C=O) groups excluding carboxylic acids is 2. The summed E-state index contributed by atoms with van der Waals surface area (Å²) < 4.78 is 22.6. The van der Waals surface area contributed by atoms with Crippen LogP contribution in [-0.2, 0) is 11.3 Å². The molecule has 3 aromatic rings. The number of aliphatic hydroxyl groups is 1. The van der Waals surface area contributed by atoms with Crippen LogP contribution in [0.5, 0.6) is 5.75 Å². The third-order valence-electron chi connectivity index (χ3n) is 8.16. The number of ether oxygens (including phenoxy) is 1. The van der Waals surface area contributed by atoms with Gasteiger partial charge in [0.05, 0.1) is 20.8 Å². The van der Waals surface area contributed by atoms with Crippen molar-refractivity contribution in [3.05, 3.63) is 65.8 Å². The van der Waals surface area contributed by atoms with E-state index in [1.165, 1.54) is 18.3 Å². The van der Waals surface area contributed by atoms with Gasteiger partial charge in [-0.1, -0.05) is 6.07 Å². The second-order valence-corrected chi connectivity index (χ2v) is 13.2. The number of halogens is 1. The Hall–Kier alpha value is -3.87. The molecule has 6 rings (SSSR count). The molecule has 4 heterocycles. The first-order valence-corrected chi connectivity index (χ1v) is 15.7. The Morgan fingerprint density at radius 2 is 1.93 bits per heavy atom. The first kappa shape index (κ1) is 30.2. The molecule has 3 N–H and O–H groups in total. The fourth-order valence-electron chi connectivity index (χ4n) is 5.97. The zero-order valence-electron chi connectivity index (χ0n) is 25.0. The van der Waals surface area contributed by atoms with E-state index in [-0.39, 0.29) is 42.2 Å². The molecule has 3 unspecified atom stereocenters. The number of nitrogens with zero attached hydrogens (tertiary/aromatic N) is 4. The number of piperazine rings is 1. The molecule has 0 radical (unpaired) electrons. The molecular formula is C32H37FN6O4S. The van der Waals surface area contributed by atoms with E-state index >= 15 is 4.39 Å². The van der Waals surface area contributed by atoms with Gasteiger partial charge >= 0.3 is 6.03 Å². The first-order valence-electron chi connectivity index (χ1n) is 14.9. The van der Waals surface area contributed by atoms with E-state index in [0.717, 1.165) is 52.3 Å². The zero-order chi connectivity index (χ0) is 31.0. The first-order chi connectivity index (χ1) is 21.1. The van der Waals surface area contributed by atoms with Gasteiger partial charge in [-0.15, -0.1) is 11.3 Å². The highest BCUT2D eigenvalue weighted by molar-refractivity contribution is 7.22. The zero-order valence-corrected chi connectivity index (χ0v) is 25.9. The number of hydrogen-bond acceptors (Lipinski definition) is 8. The van der Waals surface area contributed by atoms with Gasteiger partial charge in [-0.3, -0.25) is 19.7 Å². The summed E-state index contributed by atoms with van der Waals surface area (Å²) in [5.74, 6) is 0.446. The molecule has 1 saturated heterocycles. The van der Waals surface area contributed by atoms with Gasteiger partial charge in [-0.2, -0.15) is 0 Å². The van der Waals surface area contributed by atoms with E-state index in [1.54, 1.807) is 29.3 Å². The second-order valence-electron chi connectivity index (χ2n) is 12.1. The number of urea groups is 1. The predicted octanol–water partition coefficient (Wildman–Crippen LogP) is 4.51. The highest BCUT2D eigenvalue weighted by Gasteiger charge is 2.36. The number of aliphatic hydroxyl groups excluding tert-OH is 1. The molecule has 1 saturated carbocycles. The molecule has 1 aliphatic heterocycles. The highest BCUT2D eigenvalue weighted by Crippen LogP contribution is 2.40. The van der Waals surface area contributed by atoms with Crippen LogP contribution in [-0.4, -0.2) is 80.3 Å². The largest absolute Gasteiger partial charge is 0.457 e. The van der Waals surface area contributed by atoms with E-state index in [4.69, 9.17) is 9.72 Å². The molecule has 0 aromatic carbocycles. The topological polar surface area (TPSA) is 120 Å². The highest BCUT2D eigenvalue weighted by atomic mass is 32.1. The van der Waals surface area contributed by atoms with Crippen molar-refractivity contribution < 1.29 is 23.8 Å². The molecule has 10 nitrogen and oxygen atoms in total. The maximum Gasteiger partial charge on any atom is 0.319 e. The maximum atomic E-state index is 15.7. The predicted molar refractivity (Wildman–Crippen MR) is 167 cm³/mol. The lowest BCUT2D eigenvalue weighted by Crippen LogP contribution is -2.58. The lowest BCUT2D eigenvalue weighted by atomic mass is 9.94. The molecule has 3 aliphatic rings. The summed E-state index contributed by atoms with van der Waals surface area (Å²) in [5.41, 5.74) is 1.30. The fourth-order valence-corrected chi connectivity index (χ4v) is 7.01. The lowest BCUT2D eigenvalue weighted by molar-refractivity contribution is -0.142.